The van der Waals surface area contributed by atoms with E-state index in [1.54, 1.807) is 0 Å². The SMILES string of the molecule is CCN(CC)N=Nc1ccc(C#C[Si](C(C)C)(C(C)C)C(C)C)cc1. The summed E-state index contributed by atoms with van der Waals surface area (Å²) in [6, 6.07) is 8.12. The number of benzene rings is 1. The molecule has 0 unspecified atom stereocenters. The molecule has 0 atom stereocenters. The Labute approximate surface area is 155 Å². The molecule has 4 heteroatoms. The Morgan fingerprint density at radius 2 is 1.36 bits per heavy atom. The highest BCUT2D eigenvalue weighted by Crippen LogP contribution is 2.40. The third-order valence-electron chi connectivity index (χ3n) is 5.17. The maximum absolute atomic E-state index is 4.29. The Morgan fingerprint density at radius 1 is 0.880 bits per heavy atom. The Balaban J connectivity index is 3.03. The largest absolute Gasteiger partial charge is 0.279 e. The molecule has 1 rings (SSSR count). The molecule has 0 saturated heterocycles. The molecule has 0 N–H and O–H groups in total. The summed E-state index contributed by atoms with van der Waals surface area (Å²) >= 11 is 0. The molecule has 0 heterocycles. The van der Waals surface area contributed by atoms with Crippen molar-refractivity contribution < 1.29 is 0 Å². The van der Waals surface area contributed by atoms with Crippen LogP contribution in [0.4, 0.5) is 5.69 Å². The summed E-state index contributed by atoms with van der Waals surface area (Å²) in [6.07, 6.45) is 0. The van der Waals surface area contributed by atoms with Crippen molar-refractivity contribution in [1.29, 1.82) is 0 Å². The average molecular weight is 358 g/mol. The van der Waals surface area contributed by atoms with E-state index in [-0.39, 0.29) is 0 Å². The van der Waals surface area contributed by atoms with Crippen LogP contribution in [0.5, 0.6) is 0 Å². The van der Waals surface area contributed by atoms with Gasteiger partial charge in [0.15, 0.2) is 0 Å². The van der Waals surface area contributed by atoms with Gasteiger partial charge in [-0.1, -0.05) is 52.7 Å². The Morgan fingerprint density at radius 3 is 1.76 bits per heavy atom. The van der Waals surface area contributed by atoms with Gasteiger partial charge in [-0.2, -0.15) is 0 Å². The average Bonchev–Trinajstić information content (AvgIpc) is 2.56. The van der Waals surface area contributed by atoms with Crippen LogP contribution in [-0.4, -0.2) is 26.2 Å². The van der Waals surface area contributed by atoms with Gasteiger partial charge in [0.2, 0.25) is 0 Å². The van der Waals surface area contributed by atoms with E-state index >= 15 is 0 Å². The zero-order chi connectivity index (χ0) is 19.0. The quantitative estimate of drug-likeness (QED) is 0.234. The maximum atomic E-state index is 4.29. The summed E-state index contributed by atoms with van der Waals surface area (Å²) in [7, 11) is -1.67. The van der Waals surface area contributed by atoms with Crippen LogP contribution in [0.15, 0.2) is 34.6 Å². The van der Waals surface area contributed by atoms with Gasteiger partial charge in [-0.3, -0.25) is 5.01 Å². The molecule has 0 aliphatic rings. The van der Waals surface area contributed by atoms with Gasteiger partial charge in [0, 0.05) is 18.7 Å². The molecule has 0 radical (unpaired) electrons. The van der Waals surface area contributed by atoms with Gasteiger partial charge >= 0.3 is 0 Å². The van der Waals surface area contributed by atoms with Crippen LogP contribution >= 0.6 is 0 Å². The van der Waals surface area contributed by atoms with Crippen LogP contribution in [0.3, 0.4) is 0 Å². The van der Waals surface area contributed by atoms with Gasteiger partial charge in [-0.15, -0.1) is 10.7 Å². The molecule has 0 spiro atoms. The van der Waals surface area contributed by atoms with Gasteiger partial charge in [-0.05, 0) is 54.7 Å². The summed E-state index contributed by atoms with van der Waals surface area (Å²) in [5.41, 5.74) is 7.67. The fourth-order valence-corrected chi connectivity index (χ4v) is 8.92. The van der Waals surface area contributed by atoms with E-state index in [9.17, 15) is 0 Å². The van der Waals surface area contributed by atoms with Gasteiger partial charge in [0.1, 0.15) is 8.07 Å². The predicted molar refractivity (Wildman–Crippen MR) is 112 cm³/mol. The van der Waals surface area contributed by atoms with Gasteiger partial charge in [0.05, 0.1) is 5.69 Å². The first-order chi connectivity index (χ1) is 11.8. The van der Waals surface area contributed by atoms with Gasteiger partial charge < -0.3 is 0 Å². The minimum atomic E-state index is -1.67. The molecule has 0 aromatic heterocycles. The molecule has 0 saturated carbocycles. The summed E-state index contributed by atoms with van der Waals surface area (Å²) in [5, 5.41) is 10.5. The highest BCUT2D eigenvalue weighted by Gasteiger charge is 2.41. The van der Waals surface area contributed by atoms with E-state index in [1.165, 1.54) is 0 Å². The Kier molecular flexibility index (Phi) is 8.38. The van der Waals surface area contributed by atoms with Crippen molar-refractivity contribution in [2.24, 2.45) is 10.3 Å². The molecule has 0 bridgehead atoms. The summed E-state index contributed by atoms with van der Waals surface area (Å²) in [5.74, 6) is 3.47. The zero-order valence-corrected chi connectivity index (χ0v) is 18.3. The van der Waals surface area contributed by atoms with E-state index in [2.05, 4.69) is 89.3 Å². The van der Waals surface area contributed by atoms with E-state index in [0.717, 1.165) is 24.3 Å². The van der Waals surface area contributed by atoms with Crippen LogP contribution in [0, 0.1) is 11.5 Å². The predicted octanol–water partition coefficient (Wildman–Crippen LogP) is 6.60. The lowest BCUT2D eigenvalue weighted by Gasteiger charge is -2.38. The molecule has 1 aromatic carbocycles. The summed E-state index contributed by atoms with van der Waals surface area (Å²) < 4.78 is 0. The van der Waals surface area contributed by atoms with Gasteiger partial charge in [-0.25, -0.2) is 0 Å². The fraction of sp³-hybridized carbons (Fsp3) is 0.619. The van der Waals surface area contributed by atoms with Crippen molar-refractivity contribution in [2.75, 3.05) is 13.1 Å². The third-order valence-corrected chi connectivity index (χ3v) is 11.5. The normalized spacial score (nSPS) is 12.1. The second-order valence-electron chi connectivity index (χ2n) is 7.52. The van der Waals surface area contributed by atoms with E-state index in [4.69, 9.17) is 0 Å². The fourth-order valence-electron chi connectivity index (χ4n) is 3.69. The Hall–Kier alpha value is -1.60. The number of hydrogen-bond donors (Lipinski definition) is 0. The van der Waals surface area contributed by atoms with Crippen LogP contribution in [0.25, 0.3) is 0 Å². The van der Waals surface area contributed by atoms with Crippen molar-refractivity contribution in [1.82, 2.24) is 5.01 Å². The summed E-state index contributed by atoms with van der Waals surface area (Å²) in [6.45, 7) is 20.0. The molecule has 25 heavy (non-hydrogen) atoms. The lowest BCUT2D eigenvalue weighted by atomic mass is 10.2. The van der Waals surface area contributed by atoms with Crippen molar-refractivity contribution in [3.63, 3.8) is 0 Å². The second-order valence-corrected chi connectivity index (χ2v) is 13.1. The molecule has 0 amide bonds. The molecule has 0 aliphatic carbocycles. The number of hydrogen-bond acceptors (Lipinski definition) is 2. The minimum absolute atomic E-state index is 0.655. The summed E-state index contributed by atoms with van der Waals surface area (Å²) in [4.78, 5) is 0. The highest BCUT2D eigenvalue weighted by molar-refractivity contribution is 6.90. The third kappa shape index (κ3) is 5.44. The highest BCUT2D eigenvalue weighted by atomic mass is 28.3. The van der Waals surface area contributed by atoms with Crippen molar-refractivity contribution in [2.45, 2.75) is 72.0 Å². The second kappa shape index (κ2) is 9.77. The monoisotopic (exact) mass is 357 g/mol. The van der Waals surface area contributed by atoms with Crippen LogP contribution in [0.2, 0.25) is 16.6 Å². The molecular formula is C21H35N3Si. The minimum Gasteiger partial charge on any atom is -0.279 e. The van der Waals surface area contributed by atoms with Crippen molar-refractivity contribution in [3.8, 4) is 11.5 Å². The number of rotatable bonds is 7. The maximum Gasteiger partial charge on any atom is 0.146 e. The first-order valence-corrected chi connectivity index (χ1v) is 11.8. The zero-order valence-electron chi connectivity index (χ0n) is 17.3. The standard InChI is InChI=1S/C21H35N3Si/c1-9-24(10-2)23-22-21-13-11-20(12-14-21)15-16-25(17(3)4,18(5)6)19(7)8/h11-14,17-19H,9-10H2,1-8H3. The van der Waals surface area contributed by atoms with Gasteiger partial charge in [0.25, 0.3) is 0 Å². The lowest BCUT2D eigenvalue weighted by molar-refractivity contribution is 0.301. The molecule has 0 fully saturated rings. The molecule has 138 valence electrons. The van der Waals surface area contributed by atoms with Crippen LogP contribution < -0.4 is 0 Å². The van der Waals surface area contributed by atoms with Crippen LogP contribution in [-0.2, 0) is 0 Å². The molecule has 1 aromatic rings. The molecule has 3 nitrogen and oxygen atoms in total. The van der Waals surface area contributed by atoms with E-state index in [0.29, 0.717) is 16.6 Å². The molecular weight excluding hydrogens is 322 g/mol. The molecule has 0 aliphatic heterocycles. The van der Waals surface area contributed by atoms with Crippen molar-refractivity contribution in [3.05, 3.63) is 29.8 Å². The van der Waals surface area contributed by atoms with E-state index < -0.39 is 8.07 Å². The Bertz CT molecular complexity index is 580. The first kappa shape index (κ1) is 21.4. The van der Waals surface area contributed by atoms with E-state index in [1.807, 2.05) is 17.1 Å². The lowest BCUT2D eigenvalue weighted by Crippen LogP contribution is -2.43. The number of nitrogens with zero attached hydrogens (tertiary/aromatic N) is 3. The first-order valence-electron chi connectivity index (χ1n) is 9.57. The topological polar surface area (TPSA) is 28.0 Å². The van der Waals surface area contributed by atoms with Crippen molar-refractivity contribution >= 4 is 13.8 Å². The smallest absolute Gasteiger partial charge is 0.146 e. The van der Waals surface area contributed by atoms with Crippen LogP contribution in [0.1, 0.15) is 61.0 Å².